The molecular weight excluding hydrogens is 290 g/mol. The van der Waals surface area contributed by atoms with Crippen LogP contribution >= 0.6 is 0 Å². The van der Waals surface area contributed by atoms with Crippen LogP contribution in [0.5, 0.6) is 5.88 Å². The van der Waals surface area contributed by atoms with E-state index in [4.69, 9.17) is 9.26 Å². The summed E-state index contributed by atoms with van der Waals surface area (Å²) in [6.07, 6.45) is 2.93. The number of ether oxygens (including phenoxy) is 1. The number of benzene rings is 1. The number of pyridine rings is 1. The van der Waals surface area contributed by atoms with Crippen LogP contribution in [0.15, 0.2) is 28.8 Å². The Morgan fingerprint density at radius 1 is 1.13 bits per heavy atom. The zero-order valence-corrected chi connectivity index (χ0v) is 13.8. The molecule has 0 atom stereocenters. The number of aromatic nitrogens is 3. The molecule has 0 aliphatic heterocycles. The minimum atomic E-state index is 0.537. The summed E-state index contributed by atoms with van der Waals surface area (Å²) in [6.45, 7) is 6.68. The van der Waals surface area contributed by atoms with E-state index in [-0.39, 0.29) is 0 Å². The Labute approximate surface area is 135 Å². The monoisotopic (exact) mass is 311 g/mol. The molecule has 0 saturated heterocycles. The van der Waals surface area contributed by atoms with Crippen molar-refractivity contribution in [1.29, 1.82) is 0 Å². The second-order valence-electron chi connectivity index (χ2n) is 5.59. The lowest BCUT2D eigenvalue weighted by atomic mass is 10.1. The third-order valence-electron chi connectivity index (χ3n) is 3.67. The molecular formula is C18H21N3O2. The SMILES string of the molecule is CCCCc1nc(-c2cc3cc(C)ccc3nc2OCC)no1. The van der Waals surface area contributed by atoms with Crippen molar-refractivity contribution in [2.45, 2.75) is 40.0 Å². The maximum Gasteiger partial charge on any atom is 0.226 e. The average Bonchev–Trinajstić information content (AvgIpc) is 3.01. The van der Waals surface area contributed by atoms with Gasteiger partial charge in [0.2, 0.25) is 17.6 Å². The molecule has 3 rings (SSSR count). The fourth-order valence-electron chi connectivity index (χ4n) is 2.48. The summed E-state index contributed by atoms with van der Waals surface area (Å²) in [5, 5.41) is 5.15. The van der Waals surface area contributed by atoms with E-state index in [1.807, 2.05) is 25.1 Å². The van der Waals surface area contributed by atoms with Crippen LogP contribution in [0.1, 0.15) is 38.1 Å². The first kappa shape index (κ1) is 15.5. The maximum atomic E-state index is 5.69. The number of hydrogen-bond donors (Lipinski definition) is 0. The summed E-state index contributed by atoms with van der Waals surface area (Å²) in [5.41, 5.74) is 2.86. The van der Waals surface area contributed by atoms with Crippen molar-refractivity contribution in [2.75, 3.05) is 6.61 Å². The van der Waals surface area contributed by atoms with Crippen LogP contribution in [-0.4, -0.2) is 21.7 Å². The number of unbranched alkanes of at least 4 members (excludes halogenated alkanes) is 1. The highest BCUT2D eigenvalue weighted by atomic mass is 16.5. The predicted molar refractivity (Wildman–Crippen MR) is 89.6 cm³/mol. The smallest absolute Gasteiger partial charge is 0.226 e. The van der Waals surface area contributed by atoms with E-state index in [2.05, 4.69) is 35.0 Å². The summed E-state index contributed by atoms with van der Waals surface area (Å²) in [4.78, 5) is 9.10. The van der Waals surface area contributed by atoms with E-state index in [9.17, 15) is 0 Å². The lowest BCUT2D eigenvalue weighted by Crippen LogP contribution is -1.98. The predicted octanol–water partition coefficient (Wildman–Crippen LogP) is 4.33. The van der Waals surface area contributed by atoms with Gasteiger partial charge in [-0.1, -0.05) is 30.1 Å². The third kappa shape index (κ3) is 3.33. The molecule has 0 amide bonds. The number of hydrogen-bond acceptors (Lipinski definition) is 5. The molecule has 5 heteroatoms. The van der Waals surface area contributed by atoms with Gasteiger partial charge in [0.1, 0.15) is 0 Å². The molecule has 0 fully saturated rings. The van der Waals surface area contributed by atoms with Crippen molar-refractivity contribution in [3.63, 3.8) is 0 Å². The highest BCUT2D eigenvalue weighted by Crippen LogP contribution is 2.30. The summed E-state index contributed by atoms with van der Waals surface area (Å²) in [6, 6.07) is 8.16. The molecule has 3 aromatic rings. The second kappa shape index (κ2) is 6.77. The lowest BCUT2D eigenvalue weighted by molar-refractivity contribution is 0.329. The fraction of sp³-hybridized carbons (Fsp3) is 0.389. The number of aryl methyl sites for hydroxylation is 2. The van der Waals surface area contributed by atoms with Crippen LogP contribution in [0.4, 0.5) is 0 Å². The van der Waals surface area contributed by atoms with Gasteiger partial charge in [0.25, 0.3) is 0 Å². The van der Waals surface area contributed by atoms with Gasteiger partial charge in [-0.15, -0.1) is 0 Å². The summed E-state index contributed by atoms with van der Waals surface area (Å²) in [5.74, 6) is 1.75. The molecule has 0 saturated carbocycles. The topological polar surface area (TPSA) is 61.0 Å². The molecule has 0 unspecified atom stereocenters. The minimum absolute atomic E-state index is 0.537. The molecule has 0 spiro atoms. The number of nitrogens with zero attached hydrogens (tertiary/aromatic N) is 3. The van der Waals surface area contributed by atoms with E-state index in [0.29, 0.717) is 24.2 Å². The molecule has 5 nitrogen and oxygen atoms in total. The molecule has 2 aromatic heterocycles. The number of fused-ring (bicyclic) bond motifs is 1. The molecule has 0 N–H and O–H groups in total. The van der Waals surface area contributed by atoms with Gasteiger partial charge in [0.15, 0.2) is 0 Å². The van der Waals surface area contributed by atoms with Crippen molar-refractivity contribution in [3.8, 4) is 17.3 Å². The molecule has 0 aliphatic carbocycles. The van der Waals surface area contributed by atoms with Crippen LogP contribution in [-0.2, 0) is 6.42 Å². The molecule has 1 aromatic carbocycles. The van der Waals surface area contributed by atoms with Crippen molar-refractivity contribution >= 4 is 10.9 Å². The quantitative estimate of drug-likeness (QED) is 0.678. The Balaban J connectivity index is 2.06. The molecule has 0 radical (unpaired) electrons. The molecule has 0 bridgehead atoms. The Morgan fingerprint density at radius 2 is 2.00 bits per heavy atom. The molecule has 2 heterocycles. The summed E-state index contributed by atoms with van der Waals surface area (Å²) >= 11 is 0. The van der Waals surface area contributed by atoms with Gasteiger partial charge in [-0.05, 0) is 38.5 Å². The second-order valence-corrected chi connectivity index (χ2v) is 5.59. The van der Waals surface area contributed by atoms with Gasteiger partial charge in [-0.3, -0.25) is 0 Å². The van der Waals surface area contributed by atoms with Gasteiger partial charge in [0, 0.05) is 11.8 Å². The van der Waals surface area contributed by atoms with Crippen molar-refractivity contribution in [2.24, 2.45) is 0 Å². The highest BCUT2D eigenvalue weighted by Gasteiger charge is 2.16. The van der Waals surface area contributed by atoms with Crippen molar-refractivity contribution in [1.82, 2.24) is 15.1 Å². The van der Waals surface area contributed by atoms with Crippen molar-refractivity contribution < 1.29 is 9.26 Å². The normalized spacial score (nSPS) is 11.1. The van der Waals surface area contributed by atoms with E-state index in [0.717, 1.165) is 35.7 Å². The van der Waals surface area contributed by atoms with Gasteiger partial charge >= 0.3 is 0 Å². The minimum Gasteiger partial charge on any atom is -0.477 e. The van der Waals surface area contributed by atoms with E-state index in [1.54, 1.807) is 0 Å². The van der Waals surface area contributed by atoms with Crippen LogP contribution in [0.2, 0.25) is 0 Å². The Hall–Kier alpha value is -2.43. The first-order chi connectivity index (χ1) is 11.2. The first-order valence-electron chi connectivity index (χ1n) is 8.08. The third-order valence-corrected chi connectivity index (χ3v) is 3.67. The molecule has 120 valence electrons. The summed E-state index contributed by atoms with van der Waals surface area (Å²) < 4.78 is 11.0. The van der Waals surface area contributed by atoms with E-state index in [1.165, 1.54) is 5.56 Å². The Morgan fingerprint density at radius 3 is 2.78 bits per heavy atom. The zero-order valence-electron chi connectivity index (χ0n) is 13.8. The fourth-order valence-corrected chi connectivity index (χ4v) is 2.48. The van der Waals surface area contributed by atoms with Crippen molar-refractivity contribution in [3.05, 3.63) is 35.7 Å². The molecule has 23 heavy (non-hydrogen) atoms. The first-order valence-corrected chi connectivity index (χ1v) is 8.08. The van der Waals surface area contributed by atoms with Gasteiger partial charge in [-0.2, -0.15) is 4.98 Å². The van der Waals surface area contributed by atoms with Crippen LogP contribution in [0.25, 0.3) is 22.3 Å². The largest absolute Gasteiger partial charge is 0.477 e. The molecule has 0 aliphatic rings. The Kier molecular flexibility index (Phi) is 4.55. The van der Waals surface area contributed by atoms with Gasteiger partial charge in [0.05, 0.1) is 17.7 Å². The van der Waals surface area contributed by atoms with Crippen LogP contribution in [0.3, 0.4) is 0 Å². The van der Waals surface area contributed by atoms with Gasteiger partial charge < -0.3 is 9.26 Å². The lowest BCUT2D eigenvalue weighted by Gasteiger charge is -2.08. The Bertz CT molecular complexity index is 811. The van der Waals surface area contributed by atoms with E-state index >= 15 is 0 Å². The van der Waals surface area contributed by atoms with Gasteiger partial charge in [-0.25, -0.2) is 4.98 Å². The van der Waals surface area contributed by atoms with E-state index < -0.39 is 0 Å². The van der Waals surface area contributed by atoms with Crippen LogP contribution < -0.4 is 4.74 Å². The van der Waals surface area contributed by atoms with Crippen LogP contribution in [0, 0.1) is 6.92 Å². The zero-order chi connectivity index (χ0) is 16.2. The standard InChI is InChI=1S/C18H21N3O2/c1-4-6-7-16-20-17(21-23-16)14-11-13-10-12(3)8-9-15(13)19-18(14)22-5-2/h8-11H,4-7H2,1-3H3. The summed E-state index contributed by atoms with van der Waals surface area (Å²) in [7, 11) is 0. The number of rotatable bonds is 6. The highest BCUT2D eigenvalue weighted by molar-refractivity contribution is 5.85. The average molecular weight is 311 g/mol. The maximum absolute atomic E-state index is 5.69.